The molecule has 1 aliphatic heterocycles. The van der Waals surface area contributed by atoms with Crippen LogP contribution >= 0.6 is 0 Å². The molecule has 2 aromatic carbocycles. The van der Waals surface area contributed by atoms with Crippen LogP contribution in [-0.2, 0) is 13.0 Å². The van der Waals surface area contributed by atoms with Gasteiger partial charge in [0, 0.05) is 24.3 Å². The summed E-state index contributed by atoms with van der Waals surface area (Å²) in [7, 11) is 1.66. The van der Waals surface area contributed by atoms with Crippen LogP contribution in [0.25, 0.3) is 0 Å². The maximum absolute atomic E-state index is 11.9. The average Bonchev–Trinajstić information content (AvgIpc) is 2.60. The molecule has 4 heteroatoms. The third-order valence-corrected chi connectivity index (χ3v) is 4.27. The number of ether oxygens (including phenoxy) is 1. The highest BCUT2D eigenvalue weighted by molar-refractivity contribution is 6.00. The van der Waals surface area contributed by atoms with E-state index >= 15 is 0 Å². The molecular formula is C19H18N2O2. The first-order valence-corrected chi connectivity index (χ1v) is 7.58. The van der Waals surface area contributed by atoms with Crippen molar-refractivity contribution in [3.8, 4) is 11.8 Å². The van der Waals surface area contributed by atoms with Crippen molar-refractivity contribution in [2.45, 2.75) is 19.9 Å². The Morgan fingerprint density at radius 2 is 2.04 bits per heavy atom. The Hall–Kier alpha value is -2.80. The van der Waals surface area contributed by atoms with E-state index < -0.39 is 0 Å². The molecule has 23 heavy (non-hydrogen) atoms. The van der Waals surface area contributed by atoms with Gasteiger partial charge in [0.15, 0.2) is 5.78 Å². The molecule has 0 aliphatic carbocycles. The molecule has 2 aromatic rings. The van der Waals surface area contributed by atoms with Crippen molar-refractivity contribution in [2.24, 2.45) is 0 Å². The maximum atomic E-state index is 11.9. The molecule has 0 N–H and O–H groups in total. The summed E-state index contributed by atoms with van der Waals surface area (Å²) in [6.07, 6.45) is 0.910. The molecule has 0 radical (unpaired) electrons. The van der Waals surface area contributed by atoms with E-state index in [9.17, 15) is 4.79 Å². The number of nitrogens with zero attached hydrogens (tertiary/aromatic N) is 2. The van der Waals surface area contributed by atoms with Gasteiger partial charge >= 0.3 is 0 Å². The smallest absolute Gasteiger partial charge is 0.161 e. The number of rotatable bonds is 3. The second kappa shape index (κ2) is 6.13. The fourth-order valence-electron chi connectivity index (χ4n) is 3.03. The second-order valence-corrected chi connectivity index (χ2v) is 5.71. The summed E-state index contributed by atoms with van der Waals surface area (Å²) in [6.45, 7) is 3.10. The highest BCUT2D eigenvalue weighted by atomic mass is 16.5. The molecule has 0 atom stereocenters. The van der Waals surface area contributed by atoms with Crippen molar-refractivity contribution < 1.29 is 9.53 Å². The van der Waals surface area contributed by atoms with Crippen molar-refractivity contribution in [2.75, 3.05) is 18.6 Å². The van der Waals surface area contributed by atoms with E-state index in [-0.39, 0.29) is 5.78 Å². The summed E-state index contributed by atoms with van der Waals surface area (Å²) in [5.41, 5.74) is 4.58. The van der Waals surface area contributed by atoms with Gasteiger partial charge in [-0.05, 0) is 54.8 Å². The summed E-state index contributed by atoms with van der Waals surface area (Å²) < 4.78 is 5.30. The number of carbonyl (C=O) groups excluding carboxylic acids is 1. The van der Waals surface area contributed by atoms with Gasteiger partial charge < -0.3 is 9.64 Å². The first-order valence-electron chi connectivity index (χ1n) is 7.58. The van der Waals surface area contributed by atoms with E-state index in [0.29, 0.717) is 17.7 Å². The molecule has 0 aromatic heterocycles. The number of nitriles is 1. The largest absolute Gasteiger partial charge is 0.497 e. The van der Waals surface area contributed by atoms with Crippen LogP contribution in [0.1, 0.15) is 34.0 Å². The number of hydrogen-bond donors (Lipinski definition) is 0. The number of hydrogen-bond acceptors (Lipinski definition) is 4. The van der Waals surface area contributed by atoms with Crippen molar-refractivity contribution >= 4 is 11.5 Å². The minimum Gasteiger partial charge on any atom is -0.497 e. The lowest BCUT2D eigenvalue weighted by Gasteiger charge is -2.32. The first kappa shape index (κ1) is 15.1. The topological polar surface area (TPSA) is 53.3 Å². The predicted octanol–water partition coefficient (Wildman–Crippen LogP) is 3.33. The van der Waals surface area contributed by atoms with Gasteiger partial charge in [0.2, 0.25) is 0 Å². The van der Waals surface area contributed by atoms with Crippen LogP contribution in [0.15, 0.2) is 36.4 Å². The average molecular weight is 306 g/mol. The molecule has 1 aliphatic rings. The molecule has 0 amide bonds. The van der Waals surface area contributed by atoms with Crippen molar-refractivity contribution in [3.63, 3.8) is 0 Å². The molecule has 3 rings (SSSR count). The number of Topliss-reactive ketones (excluding diaryl/α,β-unsaturated/α-hetero) is 1. The van der Waals surface area contributed by atoms with Crippen molar-refractivity contribution in [1.29, 1.82) is 5.26 Å². The van der Waals surface area contributed by atoms with E-state index in [4.69, 9.17) is 10.00 Å². The van der Waals surface area contributed by atoms with Gasteiger partial charge in [-0.1, -0.05) is 6.07 Å². The fourth-order valence-corrected chi connectivity index (χ4v) is 3.03. The summed E-state index contributed by atoms with van der Waals surface area (Å²) in [6, 6.07) is 13.5. The lowest BCUT2D eigenvalue weighted by molar-refractivity contribution is 0.101. The van der Waals surface area contributed by atoms with E-state index in [1.54, 1.807) is 26.2 Å². The Morgan fingerprint density at radius 1 is 1.22 bits per heavy atom. The lowest BCUT2D eigenvalue weighted by Crippen LogP contribution is -2.31. The highest BCUT2D eigenvalue weighted by Crippen LogP contribution is 2.30. The Bertz CT molecular complexity index is 806. The monoisotopic (exact) mass is 306 g/mol. The third kappa shape index (κ3) is 2.91. The zero-order valence-electron chi connectivity index (χ0n) is 13.3. The van der Waals surface area contributed by atoms with Gasteiger partial charge in [0.25, 0.3) is 0 Å². The molecule has 0 saturated carbocycles. The molecule has 0 unspecified atom stereocenters. The van der Waals surface area contributed by atoms with E-state index in [0.717, 1.165) is 24.4 Å². The Labute approximate surface area is 135 Å². The first-order chi connectivity index (χ1) is 11.1. The molecule has 116 valence electrons. The fraction of sp³-hybridized carbons (Fsp3) is 0.263. The molecular weight excluding hydrogens is 288 g/mol. The quantitative estimate of drug-likeness (QED) is 0.816. The molecule has 0 saturated heterocycles. The van der Waals surface area contributed by atoms with Gasteiger partial charge in [0.1, 0.15) is 5.75 Å². The standard InChI is InChI=1S/C19H18N2O2/c1-13(22)18-6-3-14(11-20)9-19(18)21-8-7-15-4-5-17(23-2)10-16(15)12-21/h3-6,9-10H,7-8,12H2,1-2H3. The Balaban J connectivity index is 2.00. The number of methoxy groups -OCH3 is 1. The molecule has 0 fully saturated rings. The van der Waals surface area contributed by atoms with Crippen LogP contribution in [0.4, 0.5) is 5.69 Å². The Morgan fingerprint density at radius 3 is 2.74 bits per heavy atom. The predicted molar refractivity (Wildman–Crippen MR) is 88.9 cm³/mol. The third-order valence-electron chi connectivity index (χ3n) is 4.27. The molecule has 0 spiro atoms. The van der Waals surface area contributed by atoms with Gasteiger partial charge in [-0.2, -0.15) is 5.26 Å². The summed E-state index contributed by atoms with van der Waals surface area (Å²) in [5, 5.41) is 9.15. The van der Waals surface area contributed by atoms with Gasteiger partial charge in [-0.3, -0.25) is 4.79 Å². The van der Waals surface area contributed by atoms with Crippen LogP contribution < -0.4 is 9.64 Å². The summed E-state index contributed by atoms with van der Waals surface area (Å²) in [4.78, 5) is 14.1. The summed E-state index contributed by atoms with van der Waals surface area (Å²) >= 11 is 0. The number of ketones is 1. The number of fused-ring (bicyclic) bond motifs is 1. The van der Waals surface area contributed by atoms with Crippen LogP contribution in [0.2, 0.25) is 0 Å². The number of anilines is 1. The molecule has 4 nitrogen and oxygen atoms in total. The van der Waals surface area contributed by atoms with Crippen LogP contribution in [0.3, 0.4) is 0 Å². The SMILES string of the molecule is COc1ccc2c(c1)CN(c1cc(C#N)ccc1C(C)=O)CC2. The summed E-state index contributed by atoms with van der Waals surface area (Å²) in [5.74, 6) is 0.851. The number of benzene rings is 2. The van der Waals surface area contributed by atoms with Gasteiger partial charge in [0.05, 0.1) is 18.7 Å². The lowest BCUT2D eigenvalue weighted by atomic mass is 9.97. The highest BCUT2D eigenvalue weighted by Gasteiger charge is 2.21. The minimum atomic E-state index is 0.0147. The van der Waals surface area contributed by atoms with Crippen LogP contribution in [0.5, 0.6) is 5.75 Å². The second-order valence-electron chi connectivity index (χ2n) is 5.71. The zero-order valence-corrected chi connectivity index (χ0v) is 13.3. The molecule has 0 bridgehead atoms. The van der Waals surface area contributed by atoms with Crippen LogP contribution in [0, 0.1) is 11.3 Å². The van der Waals surface area contributed by atoms with Crippen LogP contribution in [-0.4, -0.2) is 19.4 Å². The van der Waals surface area contributed by atoms with Gasteiger partial charge in [-0.25, -0.2) is 0 Å². The Kier molecular flexibility index (Phi) is 4.03. The maximum Gasteiger partial charge on any atom is 0.161 e. The van der Waals surface area contributed by atoms with Crippen molar-refractivity contribution in [1.82, 2.24) is 0 Å². The van der Waals surface area contributed by atoms with Gasteiger partial charge in [-0.15, -0.1) is 0 Å². The van der Waals surface area contributed by atoms with E-state index in [2.05, 4.69) is 17.0 Å². The number of carbonyl (C=O) groups is 1. The minimum absolute atomic E-state index is 0.0147. The van der Waals surface area contributed by atoms with E-state index in [1.165, 1.54) is 11.1 Å². The molecule has 1 heterocycles. The normalized spacial score (nSPS) is 13.2. The van der Waals surface area contributed by atoms with E-state index in [1.807, 2.05) is 18.2 Å². The zero-order chi connectivity index (χ0) is 16.4. The van der Waals surface area contributed by atoms with Crippen molar-refractivity contribution in [3.05, 3.63) is 58.7 Å².